The highest BCUT2D eigenvalue weighted by Gasteiger charge is 2.23. The monoisotopic (exact) mass is 320 g/mol. The van der Waals surface area contributed by atoms with Gasteiger partial charge in [0.25, 0.3) is 5.91 Å². The van der Waals surface area contributed by atoms with E-state index in [1.807, 2.05) is 36.9 Å². The number of carbonyl (C=O) groups excluding carboxylic acids is 1. The maximum absolute atomic E-state index is 13.0. The Morgan fingerprint density at radius 3 is 2.59 bits per heavy atom. The highest BCUT2D eigenvalue weighted by molar-refractivity contribution is 6.31. The minimum Gasteiger partial charge on any atom is -0.338 e. The van der Waals surface area contributed by atoms with Crippen molar-refractivity contribution in [1.29, 1.82) is 0 Å². The molecule has 0 saturated carbocycles. The SMILES string of the molecule is CCCCN(CC)C(=O)c1c(C)c2cc(Cl)ccc2n1CC. The molecule has 0 radical (unpaired) electrons. The fourth-order valence-electron chi connectivity index (χ4n) is 3.00. The Hall–Kier alpha value is -1.48. The van der Waals surface area contributed by atoms with Crippen LogP contribution in [0.25, 0.3) is 10.9 Å². The highest BCUT2D eigenvalue weighted by atomic mass is 35.5. The highest BCUT2D eigenvalue weighted by Crippen LogP contribution is 2.29. The summed E-state index contributed by atoms with van der Waals surface area (Å²) in [6.45, 7) is 10.6. The van der Waals surface area contributed by atoms with Crippen LogP contribution < -0.4 is 0 Å². The number of halogens is 1. The molecule has 0 atom stereocenters. The van der Waals surface area contributed by atoms with Crippen molar-refractivity contribution in [3.63, 3.8) is 0 Å². The molecule has 3 nitrogen and oxygen atoms in total. The Morgan fingerprint density at radius 1 is 1.27 bits per heavy atom. The van der Waals surface area contributed by atoms with Crippen molar-refractivity contribution in [3.05, 3.63) is 34.5 Å². The first-order chi connectivity index (χ1) is 10.5. The van der Waals surface area contributed by atoms with E-state index >= 15 is 0 Å². The number of hydrogen-bond donors (Lipinski definition) is 0. The summed E-state index contributed by atoms with van der Waals surface area (Å²) in [6.07, 6.45) is 2.13. The van der Waals surface area contributed by atoms with Gasteiger partial charge in [-0.3, -0.25) is 4.79 Å². The molecular weight excluding hydrogens is 296 g/mol. The van der Waals surface area contributed by atoms with Crippen molar-refractivity contribution >= 4 is 28.4 Å². The lowest BCUT2D eigenvalue weighted by Crippen LogP contribution is -2.33. The molecule has 1 aromatic carbocycles. The Morgan fingerprint density at radius 2 is 2.00 bits per heavy atom. The van der Waals surface area contributed by atoms with E-state index in [-0.39, 0.29) is 5.91 Å². The smallest absolute Gasteiger partial charge is 0.270 e. The molecule has 1 aromatic heterocycles. The van der Waals surface area contributed by atoms with Gasteiger partial charge in [0.2, 0.25) is 0 Å². The zero-order valence-corrected chi connectivity index (χ0v) is 14.7. The van der Waals surface area contributed by atoms with Gasteiger partial charge in [0.05, 0.1) is 0 Å². The van der Waals surface area contributed by atoms with Gasteiger partial charge < -0.3 is 9.47 Å². The van der Waals surface area contributed by atoms with Gasteiger partial charge in [0.1, 0.15) is 5.69 Å². The Balaban J connectivity index is 2.53. The maximum Gasteiger partial charge on any atom is 0.270 e. The van der Waals surface area contributed by atoms with Crippen molar-refractivity contribution in [2.24, 2.45) is 0 Å². The molecular formula is C18H25ClN2O. The lowest BCUT2D eigenvalue weighted by molar-refractivity contribution is 0.0751. The van der Waals surface area contributed by atoms with Gasteiger partial charge in [-0.1, -0.05) is 24.9 Å². The molecule has 0 spiro atoms. The van der Waals surface area contributed by atoms with Crippen LogP contribution >= 0.6 is 11.6 Å². The largest absolute Gasteiger partial charge is 0.338 e. The average Bonchev–Trinajstić information content (AvgIpc) is 2.79. The third-order valence-corrected chi connectivity index (χ3v) is 4.48. The van der Waals surface area contributed by atoms with E-state index in [1.54, 1.807) is 0 Å². The van der Waals surface area contributed by atoms with Crippen LogP contribution in [0.15, 0.2) is 18.2 Å². The van der Waals surface area contributed by atoms with E-state index in [1.165, 1.54) is 0 Å². The molecule has 2 rings (SSSR count). The van der Waals surface area contributed by atoms with Crippen molar-refractivity contribution in [2.75, 3.05) is 13.1 Å². The molecule has 4 heteroatoms. The molecule has 2 aromatic rings. The molecule has 22 heavy (non-hydrogen) atoms. The van der Waals surface area contributed by atoms with Crippen LogP contribution in [-0.4, -0.2) is 28.5 Å². The van der Waals surface area contributed by atoms with Gasteiger partial charge in [-0.15, -0.1) is 0 Å². The van der Waals surface area contributed by atoms with E-state index in [0.717, 1.165) is 54.6 Å². The standard InChI is InChI=1S/C18H25ClN2O/c1-5-8-11-20(6-2)18(22)17-13(4)15-12-14(19)9-10-16(15)21(17)7-3/h9-10,12H,5-8,11H2,1-4H3. The predicted octanol–water partition coefficient (Wildman–Crippen LogP) is 4.89. The number of hydrogen-bond acceptors (Lipinski definition) is 1. The summed E-state index contributed by atoms with van der Waals surface area (Å²) < 4.78 is 2.11. The van der Waals surface area contributed by atoms with E-state index in [2.05, 4.69) is 18.4 Å². The molecule has 0 unspecified atom stereocenters. The number of unbranched alkanes of at least 4 members (excludes halogenated alkanes) is 1. The predicted molar refractivity (Wildman–Crippen MR) is 93.8 cm³/mol. The van der Waals surface area contributed by atoms with Gasteiger partial charge in [-0.2, -0.15) is 0 Å². The fourth-order valence-corrected chi connectivity index (χ4v) is 3.17. The Kier molecular flexibility index (Phi) is 5.52. The van der Waals surface area contributed by atoms with Crippen LogP contribution in [0.2, 0.25) is 5.02 Å². The number of fused-ring (bicyclic) bond motifs is 1. The quantitative estimate of drug-likeness (QED) is 0.744. The Bertz CT molecular complexity index is 675. The molecule has 1 heterocycles. The lowest BCUT2D eigenvalue weighted by atomic mass is 10.1. The summed E-state index contributed by atoms with van der Waals surface area (Å²) in [5.41, 5.74) is 2.91. The maximum atomic E-state index is 13.0. The second-order valence-corrected chi connectivity index (χ2v) is 6.05. The summed E-state index contributed by atoms with van der Waals surface area (Å²) in [5.74, 6) is 0.127. The lowest BCUT2D eigenvalue weighted by Gasteiger charge is -2.22. The van der Waals surface area contributed by atoms with E-state index in [4.69, 9.17) is 11.6 Å². The molecule has 0 N–H and O–H groups in total. The van der Waals surface area contributed by atoms with Crippen molar-refractivity contribution < 1.29 is 4.79 Å². The minimum absolute atomic E-state index is 0.127. The second kappa shape index (κ2) is 7.19. The molecule has 0 aliphatic rings. The zero-order chi connectivity index (χ0) is 16.3. The average molecular weight is 321 g/mol. The van der Waals surface area contributed by atoms with E-state index < -0.39 is 0 Å². The summed E-state index contributed by atoms with van der Waals surface area (Å²) in [6, 6.07) is 5.85. The second-order valence-electron chi connectivity index (χ2n) is 5.62. The van der Waals surface area contributed by atoms with Crippen LogP contribution in [0.1, 0.15) is 49.7 Å². The summed E-state index contributed by atoms with van der Waals surface area (Å²) >= 11 is 6.13. The van der Waals surface area contributed by atoms with Gasteiger partial charge in [0, 0.05) is 35.6 Å². The zero-order valence-electron chi connectivity index (χ0n) is 13.9. The van der Waals surface area contributed by atoms with E-state index in [9.17, 15) is 4.79 Å². The molecule has 0 aliphatic carbocycles. The third-order valence-electron chi connectivity index (χ3n) is 4.25. The van der Waals surface area contributed by atoms with Crippen LogP contribution in [-0.2, 0) is 6.54 Å². The van der Waals surface area contributed by atoms with E-state index in [0.29, 0.717) is 5.02 Å². The molecule has 0 fully saturated rings. The number of aryl methyl sites for hydroxylation is 2. The molecule has 0 aliphatic heterocycles. The number of benzene rings is 1. The van der Waals surface area contributed by atoms with Crippen molar-refractivity contribution in [2.45, 2.75) is 47.1 Å². The summed E-state index contributed by atoms with van der Waals surface area (Å²) in [5, 5.41) is 1.78. The number of nitrogens with zero attached hydrogens (tertiary/aromatic N) is 2. The number of rotatable bonds is 6. The van der Waals surface area contributed by atoms with Gasteiger partial charge in [-0.25, -0.2) is 0 Å². The number of carbonyl (C=O) groups is 1. The molecule has 120 valence electrons. The third kappa shape index (κ3) is 3.00. The first kappa shape index (κ1) is 16.9. The van der Waals surface area contributed by atoms with Crippen LogP contribution in [0.4, 0.5) is 0 Å². The number of amides is 1. The topological polar surface area (TPSA) is 25.2 Å². The van der Waals surface area contributed by atoms with Gasteiger partial charge in [0.15, 0.2) is 0 Å². The van der Waals surface area contributed by atoms with Crippen LogP contribution in [0.5, 0.6) is 0 Å². The minimum atomic E-state index is 0.127. The first-order valence-electron chi connectivity index (χ1n) is 8.12. The van der Waals surface area contributed by atoms with Crippen LogP contribution in [0, 0.1) is 6.92 Å². The normalized spacial score (nSPS) is 11.1. The first-order valence-corrected chi connectivity index (χ1v) is 8.50. The fraction of sp³-hybridized carbons (Fsp3) is 0.500. The van der Waals surface area contributed by atoms with Gasteiger partial charge >= 0.3 is 0 Å². The molecule has 1 amide bonds. The molecule has 0 saturated heterocycles. The Labute approximate surface area is 137 Å². The van der Waals surface area contributed by atoms with Crippen molar-refractivity contribution in [1.82, 2.24) is 9.47 Å². The van der Waals surface area contributed by atoms with Crippen molar-refractivity contribution in [3.8, 4) is 0 Å². The van der Waals surface area contributed by atoms with Crippen LogP contribution in [0.3, 0.4) is 0 Å². The van der Waals surface area contributed by atoms with Gasteiger partial charge in [-0.05, 0) is 51.0 Å². The number of aromatic nitrogens is 1. The summed E-state index contributed by atoms with van der Waals surface area (Å²) in [7, 11) is 0. The summed E-state index contributed by atoms with van der Waals surface area (Å²) in [4.78, 5) is 15.0. The molecule has 0 bridgehead atoms.